The third-order valence-corrected chi connectivity index (χ3v) is 4.40. The van der Waals surface area contributed by atoms with Crippen molar-refractivity contribution in [2.75, 3.05) is 27.2 Å². The highest BCUT2D eigenvalue weighted by Crippen LogP contribution is 2.20. The number of amides is 1. The molecule has 1 atom stereocenters. The molecule has 24 heavy (non-hydrogen) atoms. The molecule has 2 aromatic rings. The summed E-state index contributed by atoms with van der Waals surface area (Å²) >= 11 is 0. The lowest BCUT2D eigenvalue weighted by molar-refractivity contribution is 0.0779. The van der Waals surface area contributed by atoms with Gasteiger partial charge in [0.2, 0.25) is 0 Å². The van der Waals surface area contributed by atoms with Crippen molar-refractivity contribution in [2.24, 2.45) is 0 Å². The number of ether oxygens (including phenoxy) is 1. The number of carbonyl (C=O) groups excluding carboxylic acids is 1. The molecule has 0 bridgehead atoms. The second kappa shape index (κ2) is 7.40. The van der Waals surface area contributed by atoms with Crippen LogP contribution in [0.2, 0.25) is 0 Å². The predicted octanol–water partition coefficient (Wildman–Crippen LogP) is 1.83. The van der Waals surface area contributed by atoms with E-state index in [0.29, 0.717) is 23.9 Å². The van der Waals surface area contributed by atoms with Gasteiger partial charge in [-0.25, -0.2) is 9.97 Å². The number of nitrogens with zero attached hydrogens (tertiary/aromatic N) is 4. The topological polar surface area (TPSA) is 58.6 Å². The van der Waals surface area contributed by atoms with Crippen molar-refractivity contribution in [1.82, 2.24) is 19.8 Å². The van der Waals surface area contributed by atoms with E-state index < -0.39 is 0 Å². The number of carbonyl (C=O) groups is 1. The molecular weight excluding hydrogens is 304 g/mol. The van der Waals surface area contributed by atoms with Crippen LogP contribution in [0.5, 0.6) is 5.75 Å². The Morgan fingerprint density at radius 2 is 2.12 bits per heavy atom. The Hall–Kier alpha value is -2.47. The highest BCUT2D eigenvalue weighted by Gasteiger charge is 2.29. The maximum absolute atomic E-state index is 12.7. The summed E-state index contributed by atoms with van der Waals surface area (Å²) < 4.78 is 5.20. The Labute approximate surface area is 142 Å². The van der Waals surface area contributed by atoms with Gasteiger partial charge in [-0.3, -0.25) is 9.69 Å². The fourth-order valence-electron chi connectivity index (χ4n) is 2.99. The molecule has 6 nitrogen and oxygen atoms in total. The molecule has 1 fully saturated rings. The van der Waals surface area contributed by atoms with Crippen LogP contribution >= 0.6 is 0 Å². The molecule has 1 unspecified atom stereocenters. The van der Waals surface area contributed by atoms with Crippen molar-refractivity contribution in [3.05, 3.63) is 54.1 Å². The molecular formula is C18H22N4O2. The van der Waals surface area contributed by atoms with Crippen LogP contribution in [0.4, 0.5) is 0 Å². The van der Waals surface area contributed by atoms with Crippen molar-refractivity contribution in [1.29, 1.82) is 0 Å². The number of likely N-dealkylation sites (N-methyl/N-ethyl adjacent to an activating group) is 1. The van der Waals surface area contributed by atoms with Gasteiger partial charge in [-0.2, -0.15) is 0 Å². The molecule has 3 rings (SSSR count). The molecule has 126 valence electrons. The first-order chi connectivity index (χ1) is 11.7. The first kappa shape index (κ1) is 16.4. The largest absolute Gasteiger partial charge is 0.497 e. The van der Waals surface area contributed by atoms with Crippen LogP contribution in [0.1, 0.15) is 22.6 Å². The summed E-state index contributed by atoms with van der Waals surface area (Å²) in [5.41, 5.74) is 0.670. The quantitative estimate of drug-likeness (QED) is 0.839. The van der Waals surface area contributed by atoms with E-state index >= 15 is 0 Å². The monoisotopic (exact) mass is 326 g/mol. The lowest BCUT2D eigenvalue weighted by atomic mass is 10.2. The van der Waals surface area contributed by atoms with Gasteiger partial charge >= 0.3 is 0 Å². The number of hydrogen-bond donors (Lipinski definition) is 0. The third kappa shape index (κ3) is 3.71. The summed E-state index contributed by atoms with van der Waals surface area (Å²) in [6.07, 6.45) is 4.46. The summed E-state index contributed by atoms with van der Waals surface area (Å²) in [7, 11) is 3.66. The molecule has 6 heteroatoms. The highest BCUT2D eigenvalue weighted by molar-refractivity contribution is 5.94. The molecule has 1 amide bonds. The van der Waals surface area contributed by atoms with Gasteiger partial charge in [-0.05, 0) is 37.7 Å². The predicted molar refractivity (Wildman–Crippen MR) is 90.8 cm³/mol. The van der Waals surface area contributed by atoms with E-state index in [0.717, 1.165) is 25.3 Å². The van der Waals surface area contributed by atoms with Gasteiger partial charge in [0, 0.05) is 37.1 Å². The van der Waals surface area contributed by atoms with Gasteiger partial charge < -0.3 is 9.64 Å². The minimum absolute atomic E-state index is 0.0563. The Morgan fingerprint density at radius 1 is 1.33 bits per heavy atom. The second-order valence-corrected chi connectivity index (χ2v) is 6.01. The second-order valence-electron chi connectivity index (χ2n) is 6.01. The van der Waals surface area contributed by atoms with Crippen LogP contribution in [-0.4, -0.2) is 59.0 Å². The van der Waals surface area contributed by atoms with Gasteiger partial charge in [0.1, 0.15) is 11.6 Å². The lowest BCUT2D eigenvalue weighted by Gasteiger charge is -2.24. The van der Waals surface area contributed by atoms with E-state index in [1.54, 1.807) is 25.6 Å². The first-order valence-electron chi connectivity index (χ1n) is 8.07. The average Bonchev–Trinajstić information content (AvgIpc) is 3.12. The van der Waals surface area contributed by atoms with Gasteiger partial charge in [0.25, 0.3) is 5.91 Å². The van der Waals surface area contributed by atoms with Crippen molar-refractivity contribution in [3.63, 3.8) is 0 Å². The van der Waals surface area contributed by atoms with E-state index in [-0.39, 0.29) is 5.91 Å². The molecule has 0 aliphatic carbocycles. The zero-order valence-corrected chi connectivity index (χ0v) is 14.1. The molecule has 0 radical (unpaired) electrons. The van der Waals surface area contributed by atoms with Gasteiger partial charge in [0.15, 0.2) is 0 Å². The standard InChI is InChI=1S/C18H22N4O2/c1-21(13-17-19-8-4-9-20-17)15-7-10-22(12-15)18(23)14-5-3-6-16(11-14)24-2/h3-6,8-9,11,15H,7,10,12-13H2,1-2H3. The summed E-state index contributed by atoms with van der Waals surface area (Å²) in [5.74, 6) is 1.56. The lowest BCUT2D eigenvalue weighted by Crippen LogP contribution is -2.36. The number of rotatable bonds is 5. The Bertz CT molecular complexity index is 692. The van der Waals surface area contributed by atoms with Crippen LogP contribution in [0.15, 0.2) is 42.7 Å². The van der Waals surface area contributed by atoms with Gasteiger partial charge in [0.05, 0.1) is 13.7 Å². The number of benzene rings is 1. The van der Waals surface area contributed by atoms with E-state index in [1.807, 2.05) is 29.2 Å². The van der Waals surface area contributed by atoms with Crippen LogP contribution < -0.4 is 4.74 Å². The highest BCUT2D eigenvalue weighted by atomic mass is 16.5. The number of likely N-dealkylation sites (tertiary alicyclic amines) is 1. The summed E-state index contributed by atoms with van der Waals surface area (Å²) in [6, 6.07) is 9.45. The molecule has 1 aliphatic rings. The fourth-order valence-corrected chi connectivity index (χ4v) is 2.99. The zero-order valence-electron chi connectivity index (χ0n) is 14.1. The van der Waals surface area contributed by atoms with Crippen LogP contribution in [-0.2, 0) is 6.54 Å². The minimum Gasteiger partial charge on any atom is -0.497 e. The van der Waals surface area contributed by atoms with E-state index in [2.05, 4.69) is 21.9 Å². The minimum atomic E-state index is 0.0563. The maximum atomic E-state index is 12.7. The van der Waals surface area contributed by atoms with Crippen molar-refractivity contribution < 1.29 is 9.53 Å². The van der Waals surface area contributed by atoms with Crippen molar-refractivity contribution >= 4 is 5.91 Å². The van der Waals surface area contributed by atoms with Gasteiger partial charge in [-0.15, -0.1) is 0 Å². The molecule has 0 spiro atoms. The van der Waals surface area contributed by atoms with Crippen molar-refractivity contribution in [3.8, 4) is 5.75 Å². The van der Waals surface area contributed by atoms with Crippen molar-refractivity contribution in [2.45, 2.75) is 19.0 Å². The van der Waals surface area contributed by atoms with E-state index in [4.69, 9.17) is 4.74 Å². The molecule has 1 aliphatic heterocycles. The SMILES string of the molecule is COc1cccc(C(=O)N2CCC(N(C)Cc3ncccn3)C2)c1. The fraction of sp³-hybridized carbons (Fsp3) is 0.389. The summed E-state index contributed by atoms with van der Waals surface area (Å²) in [4.78, 5) is 25.3. The smallest absolute Gasteiger partial charge is 0.254 e. The number of methoxy groups -OCH3 is 1. The van der Waals surface area contributed by atoms with E-state index in [9.17, 15) is 4.79 Å². The third-order valence-electron chi connectivity index (χ3n) is 4.40. The van der Waals surface area contributed by atoms with Crippen LogP contribution in [0, 0.1) is 0 Å². The number of aromatic nitrogens is 2. The molecule has 1 saturated heterocycles. The van der Waals surface area contributed by atoms with Crippen LogP contribution in [0.3, 0.4) is 0 Å². The van der Waals surface area contributed by atoms with E-state index in [1.165, 1.54) is 0 Å². The van der Waals surface area contributed by atoms with Gasteiger partial charge in [-0.1, -0.05) is 6.07 Å². The molecule has 1 aromatic carbocycles. The molecule has 0 N–H and O–H groups in total. The molecule has 0 saturated carbocycles. The Balaban J connectivity index is 1.61. The maximum Gasteiger partial charge on any atom is 0.254 e. The normalized spacial score (nSPS) is 17.3. The average molecular weight is 326 g/mol. The zero-order chi connectivity index (χ0) is 16.9. The number of hydrogen-bond acceptors (Lipinski definition) is 5. The van der Waals surface area contributed by atoms with Crippen LogP contribution in [0.25, 0.3) is 0 Å². The molecule has 2 heterocycles. The Kier molecular flexibility index (Phi) is 5.05. The molecule has 1 aromatic heterocycles. The summed E-state index contributed by atoms with van der Waals surface area (Å²) in [5, 5.41) is 0. The Morgan fingerprint density at radius 3 is 2.88 bits per heavy atom. The summed E-state index contributed by atoms with van der Waals surface area (Å²) in [6.45, 7) is 2.17. The first-order valence-corrected chi connectivity index (χ1v) is 8.07.